The van der Waals surface area contributed by atoms with E-state index in [0.717, 1.165) is 6.07 Å². The minimum atomic E-state index is -4.72. The maximum Gasteiger partial charge on any atom is 0.433 e. The number of non-ortho nitro benzene ring substituents is 1. The standard InChI is InChI=1S/C21H15ClF3N5O3/c1-12-2-5-14(22)10-17(12)27-19-16(8-9-18(28-19)21(23,24)25)20(31)29-26-11-13-3-6-15(7-4-13)30(32)33/h2-11H,1H3,(H,27,28)(H,29,31)/b26-11+. The maximum absolute atomic E-state index is 13.2. The number of hydrazone groups is 1. The summed E-state index contributed by atoms with van der Waals surface area (Å²) in [6, 6.07) is 11.8. The van der Waals surface area contributed by atoms with E-state index in [1.54, 1.807) is 19.1 Å². The number of anilines is 2. The predicted octanol–water partition coefficient (Wildman–Crippen LogP) is 5.48. The van der Waals surface area contributed by atoms with Gasteiger partial charge in [0.25, 0.3) is 11.6 Å². The van der Waals surface area contributed by atoms with Gasteiger partial charge in [-0.2, -0.15) is 18.3 Å². The summed E-state index contributed by atoms with van der Waals surface area (Å²) in [7, 11) is 0. The van der Waals surface area contributed by atoms with Gasteiger partial charge in [-0.3, -0.25) is 14.9 Å². The van der Waals surface area contributed by atoms with Crippen LogP contribution in [0.5, 0.6) is 0 Å². The molecule has 1 aromatic heterocycles. The summed E-state index contributed by atoms with van der Waals surface area (Å²) < 4.78 is 39.5. The van der Waals surface area contributed by atoms with Crippen LogP contribution in [0.4, 0.5) is 30.4 Å². The third-order valence-corrected chi connectivity index (χ3v) is 4.60. The molecule has 0 saturated heterocycles. The van der Waals surface area contributed by atoms with Crippen LogP contribution in [0.15, 0.2) is 59.7 Å². The number of pyridine rings is 1. The van der Waals surface area contributed by atoms with Gasteiger partial charge in [0.2, 0.25) is 0 Å². The summed E-state index contributed by atoms with van der Waals surface area (Å²) >= 11 is 5.97. The van der Waals surface area contributed by atoms with Crippen molar-refractivity contribution in [2.45, 2.75) is 13.1 Å². The van der Waals surface area contributed by atoms with E-state index in [9.17, 15) is 28.1 Å². The van der Waals surface area contributed by atoms with Crippen molar-refractivity contribution in [1.82, 2.24) is 10.4 Å². The second kappa shape index (κ2) is 9.65. The average Bonchev–Trinajstić information content (AvgIpc) is 2.76. The molecule has 0 radical (unpaired) electrons. The lowest BCUT2D eigenvalue weighted by molar-refractivity contribution is -0.384. The van der Waals surface area contributed by atoms with E-state index < -0.39 is 22.7 Å². The van der Waals surface area contributed by atoms with E-state index in [1.807, 2.05) is 0 Å². The normalized spacial score (nSPS) is 11.4. The highest BCUT2D eigenvalue weighted by Crippen LogP contribution is 2.31. The lowest BCUT2D eigenvalue weighted by atomic mass is 10.1. The average molecular weight is 478 g/mol. The Labute approximate surface area is 190 Å². The van der Waals surface area contributed by atoms with E-state index in [-0.39, 0.29) is 17.1 Å². The van der Waals surface area contributed by atoms with Gasteiger partial charge in [-0.15, -0.1) is 0 Å². The third-order valence-electron chi connectivity index (χ3n) is 4.37. The lowest BCUT2D eigenvalue weighted by Gasteiger charge is -2.15. The van der Waals surface area contributed by atoms with Crippen molar-refractivity contribution in [2.75, 3.05) is 5.32 Å². The van der Waals surface area contributed by atoms with Gasteiger partial charge in [0.05, 0.1) is 16.7 Å². The zero-order chi connectivity index (χ0) is 24.2. The number of halogens is 4. The molecule has 1 amide bonds. The summed E-state index contributed by atoms with van der Waals surface area (Å²) in [6.45, 7) is 1.71. The van der Waals surface area contributed by atoms with Crippen molar-refractivity contribution >= 4 is 40.9 Å². The van der Waals surface area contributed by atoms with E-state index >= 15 is 0 Å². The summed E-state index contributed by atoms with van der Waals surface area (Å²) in [5, 5.41) is 17.5. The second-order valence-electron chi connectivity index (χ2n) is 6.72. The van der Waals surface area contributed by atoms with E-state index in [2.05, 4.69) is 20.8 Å². The molecule has 3 rings (SSSR count). The summed E-state index contributed by atoms with van der Waals surface area (Å²) in [6.07, 6.45) is -3.49. The molecule has 2 N–H and O–H groups in total. The monoisotopic (exact) mass is 477 g/mol. The van der Waals surface area contributed by atoms with Gasteiger partial charge >= 0.3 is 6.18 Å². The molecule has 0 aliphatic carbocycles. The van der Waals surface area contributed by atoms with Crippen LogP contribution in [0.3, 0.4) is 0 Å². The third kappa shape index (κ3) is 6.04. The molecule has 8 nitrogen and oxygen atoms in total. The molecule has 1 heterocycles. The van der Waals surface area contributed by atoms with E-state index in [0.29, 0.717) is 27.9 Å². The smallest absolute Gasteiger partial charge is 0.339 e. The molecule has 33 heavy (non-hydrogen) atoms. The van der Waals surface area contributed by atoms with Crippen molar-refractivity contribution in [2.24, 2.45) is 5.10 Å². The summed E-state index contributed by atoms with van der Waals surface area (Å²) in [5.74, 6) is -1.16. The number of nitro groups is 1. The van der Waals surface area contributed by atoms with Crippen LogP contribution in [0.1, 0.15) is 27.2 Å². The molecule has 0 bridgehead atoms. The first-order valence-corrected chi connectivity index (χ1v) is 9.61. The summed E-state index contributed by atoms with van der Waals surface area (Å²) in [5.41, 5.74) is 2.21. The van der Waals surface area contributed by atoms with Crippen molar-refractivity contribution < 1.29 is 22.9 Å². The molecule has 0 fully saturated rings. The highest BCUT2D eigenvalue weighted by Gasteiger charge is 2.33. The second-order valence-corrected chi connectivity index (χ2v) is 7.16. The van der Waals surface area contributed by atoms with Gasteiger partial charge < -0.3 is 5.32 Å². The van der Waals surface area contributed by atoms with Gasteiger partial charge in [-0.1, -0.05) is 17.7 Å². The highest BCUT2D eigenvalue weighted by molar-refractivity contribution is 6.30. The topological polar surface area (TPSA) is 110 Å². The van der Waals surface area contributed by atoms with Crippen LogP contribution in [0, 0.1) is 17.0 Å². The minimum absolute atomic E-state index is 0.112. The Morgan fingerprint density at radius 1 is 1.15 bits per heavy atom. The van der Waals surface area contributed by atoms with E-state index in [1.165, 1.54) is 36.5 Å². The van der Waals surface area contributed by atoms with Crippen LogP contribution in [-0.4, -0.2) is 22.0 Å². The zero-order valence-electron chi connectivity index (χ0n) is 16.9. The molecule has 0 saturated carbocycles. The first-order valence-electron chi connectivity index (χ1n) is 9.24. The Hall–Kier alpha value is -3.99. The van der Waals surface area contributed by atoms with Gasteiger partial charge in [0, 0.05) is 22.8 Å². The number of amides is 1. The molecule has 0 unspecified atom stereocenters. The van der Waals surface area contributed by atoms with Crippen LogP contribution < -0.4 is 10.7 Å². The predicted molar refractivity (Wildman–Crippen MR) is 117 cm³/mol. The van der Waals surface area contributed by atoms with Crippen molar-refractivity contribution in [1.29, 1.82) is 0 Å². The number of alkyl halides is 3. The van der Waals surface area contributed by atoms with Crippen LogP contribution in [0.2, 0.25) is 5.02 Å². The molecule has 0 aliphatic rings. The molecule has 0 atom stereocenters. The molecule has 12 heteroatoms. The fourth-order valence-electron chi connectivity index (χ4n) is 2.66. The van der Waals surface area contributed by atoms with Gasteiger partial charge in [-0.05, 0) is 54.4 Å². The minimum Gasteiger partial charge on any atom is -0.339 e. The summed E-state index contributed by atoms with van der Waals surface area (Å²) in [4.78, 5) is 26.3. The number of nitrogens with zero attached hydrogens (tertiary/aromatic N) is 3. The Morgan fingerprint density at radius 3 is 2.48 bits per heavy atom. The Bertz CT molecular complexity index is 1230. The Kier molecular flexibility index (Phi) is 6.92. The number of nitrogens with one attached hydrogen (secondary N) is 2. The zero-order valence-corrected chi connectivity index (χ0v) is 17.6. The number of aromatic nitrogens is 1. The van der Waals surface area contributed by atoms with Crippen LogP contribution in [-0.2, 0) is 6.18 Å². The Morgan fingerprint density at radius 2 is 1.85 bits per heavy atom. The van der Waals surface area contributed by atoms with Gasteiger partial charge in [0.15, 0.2) is 0 Å². The van der Waals surface area contributed by atoms with Crippen LogP contribution >= 0.6 is 11.6 Å². The van der Waals surface area contributed by atoms with Gasteiger partial charge in [-0.25, -0.2) is 10.4 Å². The largest absolute Gasteiger partial charge is 0.433 e. The van der Waals surface area contributed by atoms with Crippen molar-refractivity contribution in [3.05, 3.63) is 92.1 Å². The maximum atomic E-state index is 13.2. The quantitative estimate of drug-likeness (QED) is 0.277. The number of aryl methyl sites for hydroxylation is 1. The molecule has 0 aliphatic heterocycles. The molecule has 170 valence electrons. The van der Waals surface area contributed by atoms with Crippen molar-refractivity contribution in [3.8, 4) is 0 Å². The SMILES string of the molecule is Cc1ccc(Cl)cc1Nc1nc(C(F)(F)F)ccc1C(=O)N/N=C/c1ccc([N+](=O)[O-])cc1. The number of hydrogen-bond donors (Lipinski definition) is 2. The number of benzene rings is 2. The van der Waals surface area contributed by atoms with Crippen LogP contribution in [0.25, 0.3) is 0 Å². The molecular formula is C21H15ClF3N5O3. The van der Waals surface area contributed by atoms with Crippen molar-refractivity contribution in [3.63, 3.8) is 0 Å². The first-order chi connectivity index (χ1) is 15.5. The highest BCUT2D eigenvalue weighted by atomic mass is 35.5. The molecule has 3 aromatic rings. The molecular weight excluding hydrogens is 463 g/mol. The number of carbonyl (C=O) groups excluding carboxylic acids is 1. The Balaban J connectivity index is 1.86. The molecule has 2 aromatic carbocycles. The lowest BCUT2D eigenvalue weighted by Crippen LogP contribution is -2.21. The number of nitro benzene ring substituents is 1. The van der Waals surface area contributed by atoms with E-state index in [4.69, 9.17) is 11.6 Å². The molecule has 0 spiro atoms. The fourth-order valence-corrected chi connectivity index (χ4v) is 2.83. The number of rotatable bonds is 6. The number of hydrogen-bond acceptors (Lipinski definition) is 6. The van der Waals surface area contributed by atoms with Gasteiger partial charge in [0.1, 0.15) is 11.5 Å². The number of carbonyl (C=O) groups is 1. The fraction of sp³-hybridized carbons (Fsp3) is 0.0952. The first kappa shape index (κ1) is 23.7.